The van der Waals surface area contributed by atoms with Gasteiger partial charge in [-0.25, -0.2) is 0 Å². The van der Waals surface area contributed by atoms with Crippen LogP contribution in [-0.4, -0.2) is 12.5 Å². The van der Waals surface area contributed by atoms with Crippen molar-refractivity contribution in [1.29, 1.82) is 0 Å². The Bertz CT molecular complexity index is 453. The third-order valence-corrected chi connectivity index (χ3v) is 6.02. The first kappa shape index (κ1) is 14.1. The molecule has 2 aliphatic carbocycles. The highest BCUT2D eigenvalue weighted by atomic mass is 32.1. The molecule has 1 saturated carbocycles. The fourth-order valence-corrected chi connectivity index (χ4v) is 4.66. The number of amides is 1. The van der Waals surface area contributed by atoms with Gasteiger partial charge in [0.05, 0.1) is 6.54 Å². The van der Waals surface area contributed by atoms with Crippen LogP contribution in [0.15, 0.2) is 6.07 Å². The highest BCUT2D eigenvalue weighted by Gasteiger charge is 2.25. The van der Waals surface area contributed by atoms with Crippen LogP contribution in [0.1, 0.15) is 47.4 Å². The molecule has 1 fully saturated rings. The molecule has 0 aromatic carbocycles. The Hall–Kier alpha value is -0.870. The molecular formula is C16H24N2OS. The number of fused-ring (bicyclic) bond motifs is 1. The van der Waals surface area contributed by atoms with E-state index < -0.39 is 0 Å². The topological polar surface area (TPSA) is 55.1 Å². The third-order valence-electron chi connectivity index (χ3n) is 4.79. The van der Waals surface area contributed by atoms with E-state index in [4.69, 9.17) is 5.73 Å². The maximum absolute atomic E-state index is 12.2. The SMILES string of the molecule is NCC1CCC(C(=O)NCc2cc3c(s2)CCC3)CC1. The average molecular weight is 292 g/mol. The highest BCUT2D eigenvalue weighted by Crippen LogP contribution is 2.31. The van der Waals surface area contributed by atoms with Crippen molar-refractivity contribution < 1.29 is 4.79 Å². The van der Waals surface area contributed by atoms with E-state index in [0.717, 1.165) is 32.2 Å². The molecule has 0 atom stereocenters. The minimum Gasteiger partial charge on any atom is -0.351 e. The van der Waals surface area contributed by atoms with E-state index in [2.05, 4.69) is 11.4 Å². The standard InChI is InChI=1S/C16H24N2OS/c17-9-11-4-6-12(7-5-11)16(19)18-10-14-8-13-2-1-3-15(13)20-14/h8,11-12H,1-7,9-10,17H2,(H,18,19). The van der Waals surface area contributed by atoms with Crippen LogP contribution in [0.2, 0.25) is 0 Å². The van der Waals surface area contributed by atoms with E-state index in [0.29, 0.717) is 12.5 Å². The molecule has 1 aromatic rings. The van der Waals surface area contributed by atoms with Crippen LogP contribution < -0.4 is 11.1 Å². The lowest BCUT2D eigenvalue weighted by molar-refractivity contribution is -0.126. The highest BCUT2D eigenvalue weighted by molar-refractivity contribution is 7.12. The van der Waals surface area contributed by atoms with Gasteiger partial charge in [0.1, 0.15) is 0 Å². The molecule has 0 aliphatic heterocycles. The molecule has 3 N–H and O–H groups in total. The second-order valence-corrected chi connectivity index (χ2v) is 7.41. The van der Waals surface area contributed by atoms with Gasteiger partial charge in [0.2, 0.25) is 5.91 Å². The lowest BCUT2D eigenvalue weighted by Crippen LogP contribution is -2.33. The minimum absolute atomic E-state index is 0.213. The molecule has 2 aliphatic rings. The number of aryl methyl sites for hydroxylation is 2. The van der Waals surface area contributed by atoms with Crippen molar-refractivity contribution in [3.05, 3.63) is 21.4 Å². The summed E-state index contributed by atoms with van der Waals surface area (Å²) in [7, 11) is 0. The van der Waals surface area contributed by atoms with E-state index in [1.54, 1.807) is 0 Å². The van der Waals surface area contributed by atoms with Crippen molar-refractivity contribution >= 4 is 17.2 Å². The number of thiophene rings is 1. The number of carbonyl (C=O) groups is 1. The molecule has 0 spiro atoms. The Labute approximate surface area is 124 Å². The zero-order valence-corrected chi connectivity index (χ0v) is 12.8. The van der Waals surface area contributed by atoms with Crippen molar-refractivity contribution in [2.24, 2.45) is 17.6 Å². The van der Waals surface area contributed by atoms with Crippen LogP contribution >= 0.6 is 11.3 Å². The first-order chi connectivity index (χ1) is 9.76. The van der Waals surface area contributed by atoms with Gasteiger partial charge < -0.3 is 11.1 Å². The maximum atomic E-state index is 12.2. The zero-order valence-electron chi connectivity index (χ0n) is 12.0. The second kappa shape index (κ2) is 6.27. The Balaban J connectivity index is 1.47. The molecule has 0 bridgehead atoms. The van der Waals surface area contributed by atoms with E-state index in [-0.39, 0.29) is 11.8 Å². The molecule has 20 heavy (non-hydrogen) atoms. The summed E-state index contributed by atoms with van der Waals surface area (Å²) in [4.78, 5) is 15.1. The van der Waals surface area contributed by atoms with Crippen molar-refractivity contribution in [2.75, 3.05) is 6.54 Å². The zero-order chi connectivity index (χ0) is 13.9. The summed E-state index contributed by atoms with van der Waals surface area (Å²) in [5.41, 5.74) is 7.21. The van der Waals surface area contributed by atoms with Gasteiger partial charge in [-0.2, -0.15) is 0 Å². The summed E-state index contributed by atoms with van der Waals surface area (Å²) in [6.07, 6.45) is 8.01. The third kappa shape index (κ3) is 3.07. The Kier molecular flexibility index (Phi) is 4.41. The normalized spacial score (nSPS) is 25.4. The van der Waals surface area contributed by atoms with E-state index >= 15 is 0 Å². The van der Waals surface area contributed by atoms with Crippen LogP contribution in [0, 0.1) is 11.8 Å². The lowest BCUT2D eigenvalue weighted by Gasteiger charge is -2.26. The summed E-state index contributed by atoms with van der Waals surface area (Å²) in [5, 5.41) is 3.13. The van der Waals surface area contributed by atoms with E-state index in [1.165, 1.54) is 34.6 Å². The molecule has 3 rings (SSSR count). The number of hydrogen-bond acceptors (Lipinski definition) is 3. The monoisotopic (exact) mass is 292 g/mol. The number of nitrogens with one attached hydrogen (secondary N) is 1. The van der Waals surface area contributed by atoms with Gasteiger partial charge in [-0.3, -0.25) is 4.79 Å². The maximum Gasteiger partial charge on any atom is 0.223 e. The summed E-state index contributed by atoms with van der Waals surface area (Å²) in [6, 6.07) is 2.29. The quantitative estimate of drug-likeness (QED) is 0.896. The molecule has 3 nitrogen and oxygen atoms in total. The average Bonchev–Trinajstić information content (AvgIpc) is 3.06. The Morgan fingerprint density at radius 1 is 1.30 bits per heavy atom. The summed E-state index contributed by atoms with van der Waals surface area (Å²) >= 11 is 1.88. The molecule has 0 radical (unpaired) electrons. The van der Waals surface area contributed by atoms with E-state index in [1.807, 2.05) is 11.3 Å². The van der Waals surface area contributed by atoms with Crippen molar-refractivity contribution in [2.45, 2.75) is 51.5 Å². The largest absolute Gasteiger partial charge is 0.351 e. The van der Waals surface area contributed by atoms with Gasteiger partial charge in [-0.1, -0.05) is 0 Å². The molecule has 1 aromatic heterocycles. The summed E-state index contributed by atoms with van der Waals surface area (Å²) in [6.45, 7) is 1.49. The second-order valence-electron chi connectivity index (χ2n) is 6.19. The molecule has 4 heteroatoms. The van der Waals surface area contributed by atoms with Crippen molar-refractivity contribution in [3.8, 4) is 0 Å². The van der Waals surface area contributed by atoms with Gasteiger partial charge in [0, 0.05) is 15.7 Å². The molecular weight excluding hydrogens is 268 g/mol. The molecule has 1 heterocycles. The minimum atomic E-state index is 0.213. The first-order valence-electron chi connectivity index (χ1n) is 7.84. The van der Waals surface area contributed by atoms with Gasteiger partial charge in [-0.15, -0.1) is 11.3 Å². The molecule has 110 valence electrons. The molecule has 1 amide bonds. The van der Waals surface area contributed by atoms with E-state index in [9.17, 15) is 4.79 Å². The van der Waals surface area contributed by atoms with Crippen LogP contribution in [0.3, 0.4) is 0 Å². The number of nitrogens with two attached hydrogens (primary N) is 1. The summed E-state index contributed by atoms with van der Waals surface area (Å²) in [5.74, 6) is 1.10. The predicted molar refractivity (Wildman–Crippen MR) is 82.7 cm³/mol. The fraction of sp³-hybridized carbons (Fsp3) is 0.688. The smallest absolute Gasteiger partial charge is 0.223 e. The molecule has 0 unspecified atom stereocenters. The first-order valence-corrected chi connectivity index (χ1v) is 8.66. The van der Waals surface area contributed by atoms with Crippen LogP contribution in [0.4, 0.5) is 0 Å². The Morgan fingerprint density at radius 3 is 2.80 bits per heavy atom. The van der Waals surface area contributed by atoms with Crippen LogP contribution in [0.25, 0.3) is 0 Å². The number of hydrogen-bond donors (Lipinski definition) is 2. The van der Waals surface area contributed by atoms with Gasteiger partial charge in [0.15, 0.2) is 0 Å². The summed E-state index contributed by atoms with van der Waals surface area (Å²) < 4.78 is 0. The van der Waals surface area contributed by atoms with Crippen LogP contribution in [0.5, 0.6) is 0 Å². The molecule has 0 saturated heterocycles. The van der Waals surface area contributed by atoms with Crippen molar-refractivity contribution in [1.82, 2.24) is 5.32 Å². The van der Waals surface area contributed by atoms with Crippen molar-refractivity contribution in [3.63, 3.8) is 0 Å². The Morgan fingerprint density at radius 2 is 2.10 bits per heavy atom. The number of carbonyl (C=O) groups excluding carboxylic acids is 1. The number of rotatable bonds is 4. The van der Waals surface area contributed by atoms with Gasteiger partial charge in [0.25, 0.3) is 0 Å². The fourth-order valence-electron chi connectivity index (χ4n) is 3.46. The van der Waals surface area contributed by atoms with Crippen LogP contribution in [-0.2, 0) is 24.2 Å². The van der Waals surface area contributed by atoms with Gasteiger partial charge >= 0.3 is 0 Å². The predicted octanol–water partition coefficient (Wildman–Crippen LogP) is 2.62. The van der Waals surface area contributed by atoms with Gasteiger partial charge in [-0.05, 0) is 69.0 Å². The lowest BCUT2D eigenvalue weighted by atomic mass is 9.81.